The van der Waals surface area contributed by atoms with Crippen LogP contribution in [0, 0.1) is 12.8 Å². The molecule has 6 heteroatoms. The van der Waals surface area contributed by atoms with Crippen LogP contribution >= 0.6 is 0 Å². The summed E-state index contributed by atoms with van der Waals surface area (Å²) in [6.07, 6.45) is 7.82. The predicted octanol–water partition coefficient (Wildman–Crippen LogP) is 3.79. The van der Waals surface area contributed by atoms with E-state index in [9.17, 15) is 9.90 Å². The molecule has 1 aromatic heterocycles. The van der Waals surface area contributed by atoms with Gasteiger partial charge in [0.15, 0.2) is 5.75 Å². The molecule has 30 heavy (non-hydrogen) atoms. The topological polar surface area (TPSA) is 71.9 Å². The Morgan fingerprint density at radius 1 is 1.27 bits per heavy atom. The smallest absolute Gasteiger partial charge is 0.260 e. The summed E-state index contributed by atoms with van der Waals surface area (Å²) in [5.41, 5.74) is 3.56. The highest BCUT2D eigenvalue weighted by Crippen LogP contribution is 2.43. The first-order valence-corrected chi connectivity index (χ1v) is 10.4. The molecule has 3 heterocycles. The maximum Gasteiger partial charge on any atom is 0.260 e. The van der Waals surface area contributed by atoms with Gasteiger partial charge in [-0.1, -0.05) is 30.4 Å². The third-order valence-electron chi connectivity index (χ3n) is 6.19. The van der Waals surface area contributed by atoms with E-state index in [1.165, 1.54) is 0 Å². The van der Waals surface area contributed by atoms with Crippen molar-refractivity contribution in [2.45, 2.75) is 51.8 Å². The first-order chi connectivity index (χ1) is 14.3. The van der Waals surface area contributed by atoms with Gasteiger partial charge in [-0.05, 0) is 56.2 Å². The highest BCUT2D eigenvalue weighted by molar-refractivity contribution is 6.02. The van der Waals surface area contributed by atoms with Crippen molar-refractivity contribution in [1.29, 1.82) is 0 Å². The van der Waals surface area contributed by atoms with E-state index in [0.29, 0.717) is 24.1 Å². The van der Waals surface area contributed by atoms with Crippen LogP contribution in [-0.2, 0) is 6.54 Å². The predicted molar refractivity (Wildman–Crippen MR) is 113 cm³/mol. The normalized spacial score (nSPS) is 18.9. The molecule has 2 aromatic rings. The molecule has 0 spiro atoms. The van der Waals surface area contributed by atoms with E-state index in [2.05, 4.69) is 4.98 Å². The SMILES string of the molecule is Cc1cnc2c(c1/C=C/c1cccc3c1C(=O)N([C@@H](C1CC1)C(C)(C)O)C3)OCO2. The lowest BCUT2D eigenvalue weighted by molar-refractivity contribution is -0.0224. The van der Waals surface area contributed by atoms with Crippen LogP contribution in [0.4, 0.5) is 0 Å². The molecule has 5 rings (SSSR count). The van der Waals surface area contributed by atoms with Crippen molar-refractivity contribution in [3.8, 4) is 11.6 Å². The van der Waals surface area contributed by atoms with Crippen LogP contribution in [0.5, 0.6) is 11.6 Å². The number of carbonyl (C=O) groups excluding carboxylic acids is 1. The van der Waals surface area contributed by atoms with Gasteiger partial charge in [0.25, 0.3) is 11.8 Å². The Labute approximate surface area is 176 Å². The Hall–Kier alpha value is -2.86. The van der Waals surface area contributed by atoms with Crippen molar-refractivity contribution in [2.75, 3.05) is 6.79 Å². The van der Waals surface area contributed by atoms with Crippen LogP contribution in [0.1, 0.15) is 59.3 Å². The number of aryl methyl sites for hydroxylation is 1. The zero-order chi connectivity index (χ0) is 21.0. The maximum absolute atomic E-state index is 13.4. The third-order valence-corrected chi connectivity index (χ3v) is 6.19. The summed E-state index contributed by atoms with van der Waals surface area (Å²) in [5, 5.41) is 10.7. The Bertz CT molecular complexity index is 1050. The summed E-state index contributed by atoms with van der Waals surface area (Å²) in [6, 6.07) is 5.78. The largest absolute Gasteiger partial charge is 0.451 e. The van der Waals surface area contributed by atoms with Crippen LogP contribution in [0.3, 0.4) is 0 Å². The first-order valence-electron chi connectivity index (χ1n) is 10.4. The molecule has 1 fully saturated rings. The summed E-state index contributed by atoms with van der Waals surface area (Å²) in [6.45, 7) is 6.30. The molecule has 1 amide bonds. The number of benzene rings is 1. The lowest BCUT2D eigenvalue weighted by Crippen LogP contribution is -2.51. The standard InChI is InChI=1S/C24H26N2O4/c1-14-11-25-22-20(29-13-30-22)18(14)10-9-15-5-4-6-17-12-26(23(27)19(15)17)21(16-7-8-16)24(2,3)28/h4-6,9-11,16,21,28H,7-8,12-13H2,1-3H3/b10-9+/t21-/m0/s1. The third kappa shape index (κ3) is 3.16. The molecule has 6 nitrogen and oxygen atoms in total. The molecule has 0 radical (unpaired) electrons. The van der Waals surface area contributed by atoms with Gasteiger partial charge < -0.3 is 19.5 Å². The number of aromatic nitrogens is 1. The lowest BCUT2D eigenvalue weighted by Gasteiger charge is -2.37. The molecule has 1 atom stereocenters. The van der Waals surface area contributed by atoms with Crippen LogP contribution in [-0.4, -0.2) is 39.3 Å². The van der Waals surface area contributed by atoms with E-state index in [1.807, 2.05) is 56.0 Å². The zero-order valence-electron chi connectivity index (χ0n) is 17.5. The second kappa shape index (κ2) is 6.84. The number of ether oxygens (including phenoxy) is 2. The van der Waals surface area contributed by atoms with Crippen LogP contribution < -0.4 is 9.47 Å². The molecule has 1 aromatic carbocycles. The molecular formula is C24H26N2O4. The Balaban J connectivity index is 1.49. The van der Waals surface area contributed by atoms with Crippen molar-refractivity contribution in [1.82, 2.24) is 9.88 Å². The highest BCUT2D eigenvalue weighted by atomic mass is 16.7. The quantitative estimate of drug-likeness (QED) is 0.818. The number of rotatable bonds is 5. The molecule has 1 saturated carbocycles. The van der Waals surface area contributed by atoms with Crippen molar-refractivity contribution < 1.29 is 19.4 Å². The number of fused-ring (bicyclic) bond motifs is 2. The summed E-state index contributed by atoms with van der Waals surface area (Å²) in [7, 11) is 0. The molecule has 2 aliphatic heterocycles. The van der Waals surface area contributed by atoms with Gasteiger partial charge in [-0.3, -0.25) is 4.79 Å². The first kappa shape index (κ1) is 19.1. The summed E-state index contributed by atoms with van der Waals surface area (Å²) in [5.74, 6) is 1.52. The maximum atomic E-state index is 13.4. The molecule has 0 unspecified atom stereocenters. The van der Waals surface area contributed by atoms with Crippen molar-refractivity contribution in [3.05, 3.63) is 52.2 Å². The van der Waals surface area contributed by atoms with Gasteiger partial charge in [0.05, 0.1) is 17.2 Å². The van der Waals surface area contributed by atoms with E-state index in [0.717, 1.165) is 40.7 Å². The fraction of sp³-hybridized carbons (Fsp3) is 0.417. The van der Waals surface area contributed by atoms with Gasteiger partial charge >= 0.3 is 0 Å². The van der Waals surface area contributed by atoms with E-state index < -0.39 is 5.60 Å². The molecule has 3 aliphatic rings. The lowest BCUT2D eigenvalue weighted by atomic mass is 9.93. The minimum absolute atomic E-state index is 0.000498. The molecular weight excluding hydrogens is 380 g/mol. The van der Waals surface area contributed by atoms with Gasteiger partial charge in [0, 0.05) is 18.3 Å². The second-order valence-electron chi connectivity index (χ2n) is 8.98. The van der Waals surface area contributed by atoms with Gasteiger partial charge in [-0.25, -0.2) is 4.98 Å². The van der Waals surface area contributed by atoms with Crippen molar-refractivity contribution in [2.24, 2.45) is 5.92 Å². The molecule has 0 bridgehead atoms. The van der Waals surface area contributed by atoms with Gasteiger partial charge in [-0.15, -0.1) is 0 Å². The van der Waals surface area contributed by atoms with E-state index in [1.54, 1.807) is 6.20 Å². The number of amides is 1. The number of pyridine rings is 1. The molecule has 1 aliphatic carbocycles. The van der Waals surface area contributed by atoms with Gasteiger partial charge in [0.1, 0.15) is 0 Å². The Kier molecular flexibility index (Phi) is 4.36. The van der Waals surface area contributed by atoms with Gasteiger partial charge in [-0.2, -0.15) is 0 Å². The van der Waals surface area contributed by atoms with Crippen LogP contribution in [0.15, 0.2) is 24.4 Å². The van der Waals surface area contributed by atoms with Crippen molar-refractivity contribution >= 4 is 18.1 Å². The number of nitrogens with zero attached hydrogens (tertiary/aromatic N) is 2. The van der Waals surface area contributed by atoms with Crippen LogP contribution in [0.25, 0.3) is 12.2 Å². The minimum atomic E-state index is -0.930. The van der Waals surface area contributed by atoms with Crippen molar-refractivity contribution in [3.63, 3.8) is 0 Å². The summed E-state index contributed by atoms with van der Waals surface area (Å²) >= 11 is 0. The summed E-state index contributed by atoms with van der Waals surface area (Å²) in [4.78, 5) is 19.6. The fourth-order valence-corrected chi connectivity index (χ4v) is 4.74. The molecule has 1 N–H and O–H groups in total. The van der Waals surface area contributed by atoms with Crippen LogP contribution in [0.2, 0.25) is 0 Å². The zero-order valence-corrected chi connectivity index (χ0v) is 17.5. The fourth-order valence-electron chi connectivity index (χ4n) is 4.74. The number of hydrogen-bond acceptors (Lipinski definition) is 5. The van der Waals surface area contributed by atoms with E-state index >= 15 is 0 Å². The highest BCUT2D eigenvalue weighted by Gasteiger charge is 2.48. The average Bonchev–Trinajstić information content (AvgIpc) is 3.29. The minimum Gasteiger partial charge on any atom is -0.451 e. The average molecular weight is 406 g/mol. The monoisotopic (exact) mass is 406 g/mol. The number of hydrogen-bond donors (Lipinski definition) is 1. The molecule has 156 valence electrons. The van der Waals surface area contributed by atoms with E-state index in [-0.39, 0.29) is 18.7 Å². The van der Waals surface area contributed by atoms with Gasteiger partial charge in [0.2, 0.25) is 6.79 Å². The second-order valence-corrected chi connectivity index (χ2v) is 8.98. The van der Waals surface area contributed by atoms with E-state index in [4.69, 9.17) is 9.47 Å². The number of aliphatic hydroxyl groups is 1. The summed E-state index contributed by atoms with van der Waals surface area (Å²) < 4.78 is 11.0. The Morgan fingerprint density at radius 2 is 2.07 bits per heavy atom. The Morgan fingerprint density at radius 3 is 2.80 bits per heavy atom. The number of carbonyl (C=O) groups is 1. The molecule has 0 saturated heterocycles.